The minimum Gasteiger partial charge on any atom is -0.392 e. The van der Waals surface area contributed by atoms with Gasteiger partial charge in [-0.05, 0) is 44.9 Å². The molecule has 5 heteroatoms. The molecule has 1 aromatic rings. The molecule has 5 nitrogen and oxygen atoms in total. The van der Waals surface area contributed by atoms with Crippen molar-refractivity contribution in [3.63, 3.8) is 0 Å². The monoisotopic (exact) mass is 306 g/mol. The number of hydrazine groups is 2. The normalized spacial score (nSPS) is 12.7. The molecule has 1 aromatic carbocycles. The van der Waals surface area contributed by atoms with Crippen molar-refractivity contribution in [1.82, 2.24) is 16.0 Å². The van der Waals surface area contributed by atoms with E-state index in [1.807, 2.05) is 43.2 Å². The van der Waals surface area contributed by atoms with Gasteiger partial charge in [0.2, 0.25) is 0 Å². The van der Waals surface area contributed by atoms with E-state index in [1.165, 1.54) is 0 Å². The Bertz CT molecular complexity index is 462. The van der Waals surface area contributed by atoms with Crippen molar-refractivity contribution in [1.29, 1.82) is 0 Å². The molecule has 0 saturated heterocycles. The fraction of sp³-hybridized carbons (Fsp3) is 0.529. The van der Waals surface area contributed by atoms with Crippen LogP contribution in [0.3, 0.4) is 0 Å². The Labute approximate surface area is 134 Å². The second kappa shape index (κ2) is 9.58. The van der Waals surface area contributed by atoms with Crippen LogP contribution < -0.4 is 16.3 Å². The molecule has 0 spiro atoms. The van der Waals surface area contributed by atoms with Crippen molar-refractivity contribution >= 4 is 5.69 Å². The third-order valence-corrected chi connectivity index (χ3v) is 3.34. The molecule has 0 aliphatic rings. The van der Waals surface area contributed by atoms with Crippen molar-refractivity contribution in [2.75, 3.05) is 18.9 Å². The Morgan fingerprint density at radius 2 is 2.09 bits per heavy atom. The third-order valence-electron chi connectivity index (χ3n) is 3.34. The summed E-state index contributed by atoms with van der Waals surface area (Å²) in [6.07, 6.45) is 0.933. The first kappa shape index (κ1) is 18.6. The number of hydrogen-bond acceptors (Lipinski definition) is 5. The van der Waals surface area contributed by atoms with Crippen LogP contribution in [0.25, 0.3) is 0 Å². The van der Waals surface area contributed by atoms with E-state index in [0.29, 0.717) is 6.04 Å². The maximum atomic E-state index is 9.22. The first-order chi connectivity index (χ1) is 10.4. The first-order valence-electron chi connectivity index (χ1n) is 7.76. The van der Waals surface area contributed by atoms with Crippen molar-refractivity contribution in [3.8, 4) is 0 Å². The van der Waals surface area contributed by atoms with Gasteiger partial charge >= 0.3 is 0 Å². The van der Waals surface area contributed by atoms with Gasteiger partial charge in [-0.2, -0.15) is 5.53 Å². The van der Waals surface area contributed by atoms with Gasteiger partial charge < -0.3 is 10.4 Å². The topological polar surface area (TPSA) is 59.6 Å². The Morgan fingerprint density at radius 1 is 1.36 bits per heavy atom. The highest BCUT2D eigenvalue weighted by molar-refractivity contribution is 5.47. The first-order valence-corrected chi connectivity index (χ1v) is 7.76. The Kier molecular flexibility index (Phi) is 8.12. The van der Waals surface area contributed by atoms with Gasteiger partial charge in [0.25, 0.3) is 0 Å². The number of aliphatic hydroxyl groups excluding tert-OH is 1. The van der Waals surface area contributed by atoms with Gasteiger partial charge in [-0.15, -0.1) is 0 Å². The minimum absolute atomic E-state index is 0.0563. The van der Waals surface area contributed by atoms with Crippen LogP contribution in [-0.2, 0) is 6.61 Å². The van der Waals surface area contributed by atoms with E-state index in [1.54, 1.807) is 0 Å². The summed E-state index contributed by atoms with van der Waals surface area (Å²) < 4.78 is 0. The summed E-state index contributed by atoms with van der Waals surface area (Å²) in [7, 11) is 2.01. The number of rotatable bonds is 10. The molecule has 22 heavy (non-hydrogen) atoms. The molecule has 0 aliphatic heterocycles. The van der Waals surface area contributed by atoms with E-state index in [0.717, 1.165) is 29.8 Å². The lowest BCUT2D eigenvalue weighted by molar-refractivity contribution is 0.177. The maximum absolute atomic E-state index is 9.22. The molecule has 0 aromatic heterocycles. The van der Waals surface area contributed by atoms with Gasteiger partial charge in [-0.3, -0.25) is 0 Å². The second-order valence-electron chi connectivity index (χ2n) is 6.02. The molecule has 0 amide bonds. The van der Waals surface area contributed by atoms with Gasteiger partial charge in [-0.25, -0.2) is 10.4 Å². The van der Waals surface area contributed by atoms with Crippen LogP contribution in [0.15, 0.2) is 36.4 Å². The van der Waals surface area contributed by atoms with Gasteiger partial charge in [0.1, 0.15) is 0 Å². The summed E-state index contributed by atoms with van der Waals surface area (Å²) in [5.74, 6) is 0. The molecule has 1 rings (SSSR count). The van der Waals surface area contributed by atoms with E-state index in [2.05, 4.69) is 36.7 Å². The number of aliphatic hydroxyl groups is 1. The predicted octanol–water partition coefficient (Wildman–Crippen LogP) is 2.27. The van der Waals surface area contributed by atoms with Crippen LogP contribution in [0.5, 0.6) is 0 Å². The molecule has 0 saturated carbocycles. The maximum Gasteiger partial charge on any atom is 0.0682 e. The number of hydrogen-bond donors (Lipinski definition) is 4. The van der Waals surface area contributed by atoms with Crippen LogP contribution in [0.4, 0.5) is 5.69 Å². The van der Waals surface area contributed by atoms with Crippen molar-refractivity contribution < 1.29 is 5.11 Å². The number of anilines is 1. The lowest BCUT2D eigenvalue weighted by atomic mass is 10.1. The quantitative estimate of drug-likeness (QED) is 0.395. The molecular weight excluding hydrogens is 276 g/mol. The number of benzene rings is 1. The predicted molar refractivity (Wildman–Crippen MR) is 93.2 cm³/mol. The van der Waals surface area contributed by atoms with Gasteiger partial charge in [-0.1, -0.05) is 24.3 Å². The molecule has 1 unspecified atom stereocenters. The molecule has 1 atom stereocenters. The molecule has 0 radical (unpaired) electrons. The lowest BCUT2D eigenvalue weighted by Gasteiger charge is -2.25. The van der Waals surface area contributed by atoms with Gasteiger partial charge in [0.15, 0.2) is 0 Å². The van der Waals surface area contributed by atoms with Gasteiger partial charge in [0.05, 0.1) is 6.61 Å². The molecular formula is C17H30N4O. The van der Waals surface area contributed by atoms with E-state index < -0.39 is 0 Å². The summed E-state index contributed by atoms with van der Waals surface area (Å²) in [6, 6.07) is 8.42. The van der Waals surface area contributed by atoms with Crippen molar-refractivity contribution in [3.05, 3.63) is 42.0 Å². The number of nitrogens with one attached hydrogen (secondary N) is 3. The molecule has 124 valence electrons. The molecule has 0 bridgehead atoms. The van der Waals surface area contributed by atoms with Crippen molar-refractivity contribution in [2.24, 2.45) is 0 Å². The fourth-order valence-electron chi connectivity index (χ4n) is 2.02. The lowest BCUT2D eigenvalue weighted by Crippen LogP contribution is -2.48. The summed E-state index contributed by atoms with van der Waals surface area (Å²) in [6.45, 7) is 11.2. The van der Waals surface area contributed by atoms with Crippen LogP contribution in [0, 0.1) is 0 Å². The van der Waals surface area contributed by atoms with E-state index >= 15 is 0 Å². The summed E-state index contributed by atoms with van der Waals surface area (Å²) in [4.78, 5) is 0. The molecule has 4 N–H and O–H groups in total. The highest BCUT2D eigenvalue weighted by Crippen LogP contribution is 2.16. The smallest absolute Gasteiger partial charge is 0.0682 e. The molecule has 0 heterocycles. The van der Waals surface area contributed by atoms with Crippen LogP contribution >= 0.6 is 0 Å². The SMILES string of the molecule is C=C(C)C(CCN(C)NNC(C)C)Nc1cccc(CO)c1. The largest absolute Gasteiger partial charge is 0.392 e. The zero-order valence-corrected chi connectivity index (χ0v) is 14.2. The minimum atomic E-state index is 0.0563. The van der Waals surface area contributed by atoms with Crippen LogP contribution in [0.2, 0.25) is 0 Å². The van der Waals surface area contributed by atoms with Gasteiger partial charge in [0, 0.05) is 31.4 Å². The van der Waals surface area contributed by atoms with Crippen LogP contribution in [-0.4, -0.2) is 35.8 Å². The van der Waals surface area contributed by atoms with E-state index in [-0.39, 0.29) is 12.6 Å². The van der Waals surface area contributed by atoms with E-state index in [9.17, 15) is 5.11 Å². The van der Waals surface area contributed by atoms with Crippen molar-refractivity contribution in [2.45, 2.75) is 45.9 Å². The fourth-order valence-corrected chi connectivity index (χ4v) is 2.02. The Hall–Kier alpha value is -1.40. The third kappa shape index (κ3) is 7.04. The second-order valence-corrected chi connectivity index (χ2v) is 6.02. The highest BCUT2D eigenvalue weighted by Gasteiger charge is 2.11. The molecule has 0 aliphatic carbocycles. The summed E-state index contributed by atoms with van der Waals surface area (Å²) in [5.41, 5.74) is 9.33. The average Bonchev–Trinajstić information content (AvgIpc) is 2.49. The zero-order chi connectivity index (χ0) is 16.5. The highest BCUT2D eigenvalue weighted by atomic mass is 16.3. The summed E-state index contributed by atoms with van der Waals surface area (Å²) >= 11 is 0. The van der Waals surface area contributed by atoms with E-state index in [4.69, 9.17) is 0 Å². The van der Waals surface area contributed by atoms with Crippen LogP contribution in [0.1, 0.15) is 32.8 Å². The molecule has 0 fully saturated rings. The summed E-state index contributed by atoms with van der Waals surface area (Å²) in [5, 5.41) is 14.7. The zero-order valence-electron chi connectivity index (χ0n) is 14.2. The Morgan fingerprint density at radius 3 is 2.68 bits per heavy atom. The Balaban J connectivity index is 2.53. The average molecular weight is 306 g/mol. The standard InChI is InChI=1S/C17H30N4O/c1-13(2)17(9-10-21(5)20-19-14(3)4)18-16-8-6-7-15(11-16)12-22/h6-8,11,14,17-20,22H,1,9-10,12H2,2-5H3. The number of nitrogens with zero attached hydrogens (tertiary/aromatic N) is 1.